The first-order valence-electron chi connectivity index (χ1n) is 8.73. The number of carbonyl (C=O) groups excluding carboxylic acids is 1. The fraction of sp³-hybridized carbons (Fsp3) is 0.812. The summed E-state index contributed by atoms with van der Waals surface area (Å²) in [5.74, 6) is 2.78. The fourth-order valence-electron chi connectivity index (χ4n) is 3.66. The molecule has 1 atom stereocenters. The highest BCUT2D eigenvalue weighted by molar-refractivity contribution is 5.74. The zero-order valence-corrected chi connectivity index (χ0v) is 13.5. The minimum atomic E-state index is 0.0373. The summed E-state index contributed by atoms with van der Waals surface area (Å²) in [6.07, 6.45) is 8.49. The molecular weight excluding hydrogens is 278 g/mol. The maximum Gasteiger partial charge on any atom is 0.317 e. The van der Waals surface area contributed by atoms with Gasteiger partial charge in [-0.1, -0.05) is 19.3 Å². The van der Waals surface area contributed by atoms with E-state index < -0.39 is 0 Å². The average molecular weight is 305 g/mol. The van der Waals surface area contributed by atoms with Crippen LogP contribution in [0.2, 0.25) is 0 Å². The number of rotatable bonds is 3. The van der Waals surface area contributed by atoms with Crippen LogP contribution in [0.15, 0.2) is 0 Å². The first-order valence-corrected chi connectivity index (χ1v) is 8.73. The maximum absolute atomic E-state index is 12.0. The molecule has 0 radical (unpaired) electrons. The topological polar surface area (TPSA) is 73.9 Å². The van der Waals surface area contributed by atoms with E-state index in [0.29, 0.717) is 12.5 Å². The molecule has 0 bridgehead atoms. The molecule has 1 saturated carbocycles. The first-order chi connectivity index (χ1) is 10.8. The standard InChI is InChI=1S/C16H27N5O/c1-2-17-16(22)21-10-6-9-13(11-21)15-18-14(19-20-15)12-7-4-3-5-8-12/h12-13H,2-11H2,1H3,(H,17,22)(H,18,19,20). The SMILES string of the molecule is CCNC(=O)N1CCCC(c2n[nH]c(C3CCCCC3)n2)C1. The van der Waals surface area contributed by atoms with Crippen molar-refractivity contribution < 1.29 is 4.79 Å². The minimum Gasteiger partial charge on any atom is -0.338 e. The number of aromatic nitrogens is 3. The molecule has 1 aromatic heterocycles. The number of urea groups is 1. The molecule has 2 N–H and O–H groups in total. The van der Waals surface area contributed by atoms with Gasteiger partial charge in [0, 0.05) is 31.5 Å². The van der Waals surface area contributed by atoms with Crippen LogP contribution in [0.25, 0.3) is 0 Å². The number of nitrogens with zero attached hydrogens (tertiary/aromatic N) is 3. The van der Waals surface area contributed by atoms with Crippen LogP contribution in [0.3, 0.4) is 0 Å². The number of hydrogen-bond acceptors (Lipinski definition) is 3. The molecule has 1 aliphatic heterocycles. The van der Waals surface area contributed by atoms with Gasteiger partial charge in [-0.3, -0.25) is 5.10 Å². The maximum atomic E-state index is 12.0. The summed E-state index contributed by atoms with van der Waals surface area (Å²) in [4.78, 5) is 18.7. The number of hydrogen-bond donors (Lipinski definition) is 2. The number of nitrogens with one attached hydrogen (secondary N) is 2. The van der Waals surface area contributed by atoms with E-state index in [-0.39, 0.29) is 11.9 Å². The van der Waals surface area contributed by atoms with Gasteiger partial charge in [0.25, 0.3) is 0 Å². The highest BCUT2D eigenvalue weighted by atomic mass is 16.2. The van der Waals surface area contributed by atoms with Crippen molar-refractivity contribution in [3.8, 4) is 0 Å². The van der Waals surface area contributed by atoms with E-state index >= 15 is 0 Å². The third kappa shape index (κ3) is 3.42. The predicted molar refractivity (Wildman–Crippen MR) is 84.8 cm³/mol. The Morgan fingerprint density at radius 3 is 2.77 bits per heavy atom. The lowest BCUT2D eigenvalue weighted by molar-refractivity contribution is 0.179. The van der Waals surface area contributed by atoms with Gasteiger partial charge in [-0.25, -0.2) is 9.78 Å². The Balaban J connectivity index is 1.63. The van der Waals surface area contributed by atoms with Gasteiger partial charge in [0.15, 0.2) is 5.82 Å². The second kappa shape index (κ2) is 7.11. The largest absolute Gasteiger partial charge is 0.338 e. The van der Waals surface area contributed by atoms with E-state index in [1.807, 2.05) is 11.8 Å². The highest BCUT2D eigenvalue weighted by Gasteiger charge is 2.28. The van der Waals surface area contributed by atoms with Crippen LogP contribution in [-0.4, -0.2) is 45.7 Å². The molecule has 2 aliphatic rings. The van der Waals surface area contributed by atoms with Crippen molar-refractivity contribution in [1.82, 2.24) is 25.4 Å². The second-order valence-electron chi connectivity index (χ2n) is 6.53. The van der Waals surface area contributed by atoms with Crippen molar-refractivity contribution in [3.63, 3.8) is 0 Å². The Labute approximate surface area is 132 Å². The molecule has 1 aliphatic carbocycles. The summed E-state index contributed by atoms with van der Waals surface area (Å²) in [6.45, 7) is 4.19. The number of piperidine rings is 1. The number of likely N-dealkylation sites (tertiary alicyclic amines) is 1. The molecule has 2 heterocycles. The smallest absolute Gasteiger partial charge is 0.317 e. The fourth-order valence-corrected chi connectivity index (χ4v) is 3.66. The van der Waals surface area contributed by atoms with Gasteiger partial charge in [-0.05, 0) is 32.6 Å². The Hall–Kier alpha value is -1.59. The molecule has 2 amide bonds. The zero-order chi connectivity index (χ0) is 15.4. The van der Waals surface area contributed by atoms with E-state index in [1.165, 1.54) is 32.1 Å². The summed E-state index contributed by atoms with van der Waals surface area (Å²) in [7, 11) is 0. The lowest BCUT2D eigenvalue weighted by atomic mass is 9.89. The van der Waals surface area contributed by atoms with Crippen molar-refractivity contribution in [3.05, 3.63) is 11.6 Å². The summed E-state index contributed by atoms with van der Waals surface area (Å²) in [6, 6.07) is 0.0373. The van der Waals surface area contributed by atoms with Crippen LogP contribution in [0.4, 0.5) is 4.79 Å². The lowest BCUT2D eigenvalue weighted by Crippen LogP contribution is -2.45. The molecule has 122 valence electrons. The monoisotopic (exact) mass is 305 g/mol. The quantitative estimate of drug-likeness (QED) is 0.901. The minimum absolute atomic E-state index is 0.0373. The molecule has 1 unspecified atom stereocenters. The zero-order valence-electron chi connectivity index (χ0n) is 13.5. The third-order valence-corrected chi connectivity index (χ3v) is 4.91. The summed E-state index contributed by atoms with van der Waals surface area (Å²) in [5, 5.41) is 10.5. The molecular formula is C16H27N5O. The van der Waals surface area contributed by atoms with Gasteiger partial charge in [0.2, 0.25) is 0 Å². The summed E-state index contributed by atoms with van der Waals surface area (Å²) in [5.41, 5.74) is 0. The molecule has 6 heteroatoms. The van der Waals surface area contributed by atoms with E-state index in [4.69, 9.17) is 4.98 Å². The molecule has 1 saturated heterocycles. The van der Waals surface area contributed by atoms with E-state index in [9.17, 15) is 4.79 Å². The second-order valence-corrected chi connectivity index (χ2v) is 6.53. The normalized spacial score (nSPS) is 23.5. The Morgan fingerprint density at radius 2 is 2.00 bits per heavy atom. The summed E-state index contributed by atoms with van der Waals surface area (Å²) < 4.78 is 0. The van der Waals surface area contributed by atoms with Gasteiger partial charge < -0.3 is 10.2 Å². The van der Waals surface area contributed by atoms with Crippen molar-refractivity contribution in [2.24, 2.45) is 0 Å². The number of amides is 2. The Kier molecular flexibility index (Phi) is 4.95. The third-order valence-electron chi connectivity index (χ3n) is 4.91. The number of aromatic amines is 1. The van der Waals surface area contributed by atoms with Crippen LogP contribution in [0, 0.1) is 0 Å². The van der Waals surface area contributed by atoms with Crippen molar-refractivity contribution in [1.29, 1.82) is 0 Å². The van der Waals surface area contributed by atoms with Gasteiger partial charge in [-0.2, -0.15) is 5.10 Å². The molecule has 0 aromatic carbocycles. The van der Waals surface area contributed by atoms with Crippen molar-refractivity contribution in [2.45, 2.75) is 63.7 Å². The van der Waals surface area contributed by atoms with Crippen LogP contribution in [0.5, 0.6) is 0 Å². The molecule has 3 rings (SSSR count). The van der Waals surface area contributed by atoms with Crippen molar-refractivity contribution in [2.75, 3.05) is 19.6 Å². The first kappa shape index (κ1) is 15.3. The number of H-pyrrole nitrogens is 1. The van der Waals surface area contributed by atoms with Crippen LogP contribution in [-0.2, 0) is 0 Å². The van der Waals surface area contributed by atoms with Gasteiger partial charge >= 0.3 is 6.03 Å². The molecule has 6 nitrogen and oxygen atoms in total. The lowest BCUT2D eigenvalue weighted by Gasteiger charge is -2.31. The van der Waals surface area contributed by atoms with Gasteiger partial charge in [0.1, 0.15) is 5.82 Å². The van der Waals surface area contributed by atoms with Gasteiger partial charge in [-0.15, -0.1) is 0 Å². The average Bonchev–Trinajstić information content (AvgIpc) is 3.06. The van der Waals surface area contributed by atoms with Crippen molar-refractivity contribution >= 4 is 6.03 Å². The predicted octanol–water partition coefficient (Wildman–Crippen LogP) is 2.76. The highest BCUT2D eigenvalue weighted by Crippen LogP contribution is 2.32. The van der Waals surface area contributed by atoms with E-state index in [1.54, 1.807) is 0 Å². The van der Waals surface area contributed by atoms with Crippen LogP contribution >= 0.6 is 0 Å². The molecule has 22 heavy (non-hydrogen) atoms. The Morgan fingerprint density at radius 1 is 1.23 bits per heavy atom. The van der Waals surface area contributed by atoms with Gasteiger partial charge in [0.05, 0.1) is 0 Å². The summed E-state index contributed by atoms with van der Waals surface area (Å²) >= 11 is 0. The van der Waals surface area contributed by atoms with E-state index in [2.05, 4.69) is 15.5 Å². The van der Waals surface area contributed by atoms with E-state index in [0.717, 1.165) is 37.6 Å². The molecule has 0 spiro atoms. The molecule has 1 aromatic rings. The molecule has 2 fully saturated rings. The Bertz CT molecular complexity index is 494. The van der Waals surface area contributed by atoms with Crippen LogP contribution in [0.1, 0.15) is 75.4 Å². The van der Waals surface area contributed by atoms with Crippen LogP contribution < -0.4 is 5.32 Å². The number of carbonyl (C=O) groups is 1.